The van der Waals surface area contributed by atoms with Gasteiger partial charge in [0.15, 0.2) is 5.82 Å². The number of imidazole rings is 1. The summed E-state index contributed by atoms with van der Waals surface area (Å²) in [7, 11) is -1.08. The van der Waals surface area contributed by atoms with Crippen LogP contribution in [0.2, 0.25) is 25.7 Å². The molecule has 0 unspecified atom stereocenters. The molecule has 0 aliphatic carbocycles. The molecule has 0 saturated carbocycles. The number of aliphatic hydroxyl groups excluding tert-OH is 1. The third-order valence-corrected chi connectivity index (χ3v) is 4.59. The molecule has 1 N–H and O–H groups in total. The van der Waals surface area contributed by atoms with E-state index in [-0.39, 0.29) is 6.61 Å². The number of hydrogen-bond donors (Lipinski definition) is 1. The Labute approximate surface area is 119 Å². The van der Waals surface area contributed by atoms with Crippen molar-refractivity contribution in [2.75, 3.05) is 6.61 Å². The highest BCUT2D eigenvalue weighted by molar-refractivity contribution is 6.76. The van der Waals surface area contributed by atoms with Crippen molar-refractivity contribution >= 4 is 8.07 Å². The van der Waals surface area contributed by atoms with E-state index in [1.165, 1.54) is 6.26 Å². The van der Waals surface area contributed by atoms with Gasteiger partial charge in [0.25, 0.3) is 0 Å². The third kappa shape index (κ3) is 4.02. The lowest BCUT2D eigenvalue weighted by atomic mass is 10.4. The van der Waals surface area contributed by atoms with Gasteiger partial charge in [-0.3, -0.25) is 0 Å². The van der Waals surface area contributed by atoms with Gasteiger partial charge in [-0.1, -0.05) is 24.8 Å². The molecule has 6 nitrogen and oxygen atoms in total. The first kappa shape index (κ1) is 15.0. The lowest BCUT2D eigenvalue weighted by Gasteiger charge is -2.15. The molecule has 0 aromatic carbocycles. The number of aliphatic hydroxyl groups is 1. The molecule has 2 heterocycles. The second-order valence-electron chi connectivity index (χ2n) is 5.92. The molecule has 0 fully saturated rings. The molecule has 0 radical (unpaired) electrons. The predicted molar refractivity (Wildman–Crippen MR) is 77.8 cm³/mol. The molecule has 7 heteroatoms. The molecule has 2 aromatic heterocycles. The van der Waals surface area contributed by atoms with Crippen LogP contribution in [0.4, 0.5) is 0 Å². The van der Waals surface area contributed by atoms with Crippen molar-refractivity contribution < 1.29 is 14.4 Å². The van der Waals surface area contributed by atoms with Crippen molar-refractivity contribution in [3.8, 4) is 11.5 Å². The largest absolute Gasteiger partial charge is 0.390 e. The Balaban J connectivity index is 2.02. The number of ether oxygens (including phenoxy) is 1. The van der Waals surface area contributed by atoms with Crippen LogP contribution in [0.15, 0.2) is 23.0 Å². The molecular formula is C13H21N3O3Si. The van der Waals surface area contributed by atoms with Gasteiger partial charge in [-0.15, -0.1) is 0 Å². The van der Waals surface area contributed by atoms with Crippen LogP contribution in [0.25, 0.3) is 11.5 Å². The average molecular weight is 295 g/mol. The highest BCUT2D eigenvalue weighted by Crippen LogP contribution is 2.17. The second kappa shape index (κ2) is 6.34. The lowest BCUT2D eigenvalue weighted by Crippen LogP contribution is -2.22. The van der Waals surface area contributed by atoms with Crippen molar-refractivity contribution in [1.82, 2.24) is 14.7 Å². The normalized spacial score (nSPS) is 12.0. The van der Waals surface area contributed by atoms with E-state index in [1.54, 1.807) is 12.3 Å². The van der Waals surface area contributed by atoms with Crippen molar-refractivity contribution in [2.24, 2.45) is 0 Å². The summed E-state index contributed by atoms with van der Waals surface area (Å²) in [6.07, 6.45) is 3.28. The standard InChI is InChI=1S/C13H21N3O3Si/c1-20(2,3)7-6-18-10-16-8-11(9-17)14-13(16)12-4-5-19-15-12/h4-5,8,17H,6-7,9-10H2,1-3H3. The van der Waals surface area contributed by atoms with E-state index >= 15 is 0 Å². The first-order valence-electron chi connectivity index (χ1n) is 6.65. The fourth-order valence-corrected chi connectivity index (χ4v) is 2.47. The Bertz CT molecular complexity index is 532. The van der Waals surface area contributed by atoms with Crippen LogP contribution in [-0.2, 0) is 18.1 Å². The maximum atomic E-state index is 9.20. The highest BCUT2D eigenvalue weighted by Gasteiger charge is 2.14. The smallest absolute Gasteiger partial charge is 0.164 e. The monoisotopic (exact) mass is 295 g/mol. The van der Waals surface area contributed by atoms with Crippen LogP contribution >= 0.6 is 0 Å². The summed E-state index contributed by atoms with van der Waals surface area (Å²) < 4.78 is 12.4. The Morgan fingerprint density at radius 3 is 2.80 bits per heavy atom. The van der Waals surface area contributed by atoms with E-state index in [9.17, 15) is 5.11 Å². The highest BCUT2D eigenvalue weighted by atomic mass is 28.3. The summed E-state index contributed by atoms with van der Waals surface area (Å²) in [4.78, 5) is 4.32. The van der Waals surface area contributed by atoms with Gasteiger partial charge in [-0.2, -0.15) is 0 Å². The molecule has 2 rings (SSSR count). The minimum atomic E-state index is -1.08. The van der Waals surface area contributed by atoms with Gasteiger partial charge in [0.2, 0.25) is 0 Å². The van der Waals surface area contributed by atoms with E-state index < -0.39 is 8.07 Å². The Kier molecular flexibility index (Phi) is 4.74. The van der Waals surface area contributed by atoms with Gasteiger partial charge in [-0.25, -0.2) is 4.98 Å². The summed E-state index contributed by atoms with van der Waals surface area (Å²) >= 11 is 0. The van der Waals surface area contributed by atoms with Crippen LogP contribution in [-0.4, -0.2) is 34.5 Å². The molecule has 2 aromatic rings. The molecule has 110 valence electrons. The molecule has 0 atom stereocenters. The molecule has 0 aliphatic heterocycles. The predicted octanol–water partition coefficient (Wildman–Crippen LogP) is 2.34. The SMILES string of the molecule is C[Si](C)(C)CCOCn1cc(CO)nc1-c1ccon1. The van der Waals surface area contributed by atoms with Crippen molar-refractivity contribution in [3.63, 3.8) is 0 Å². The van der Waals surface area contributed by atoms with Gasteiger partial charge in [0.05, 0.1) is 12.3 Å². The summed E-state index contributed by atoms with van der Waals surface area (Å²) in [6.45, 7) is 7.99. The van der Waals surface area contributed by atoms with Crippen molar-refractivity contribution in [3.05, 3.63) is 24.2 Å². The van der Waals surface area contributed by atoms with E-state index in [4.69, 9.17) is 9.26 Å². The molecule has 0 aliphatic rings. The number of nitrogens with zero attached hydrogens (tertiary/aromatic N) is 3. The van der Waals surface area contributed by atoms with Crippen LogP contribution in [0.1, 0.15) is 5.69 Å². The van der Waals surface area contributed by atoms with Crippen LogP contribution in [0.3, 0.4) is 0 Å². The van der Waals surface area contributed by atoms with Crippen molar-refractivity contribution in [1.29, 1.82) is 0 Å². The molecular weight excluding hydrogens is 274 g/mol. The van der Waals surface area contributed by atoms with E-state index in [1.807, 2.05) is 4.57 Å². The summed E-state index contributed by atoms with van der Waals surface area (Å²) in [6, 6.07) is 2.86. The van der Waals surface area contributed by atoms with Crippen LogP contribution in [0, 0.1) is 0 Å². The van der Waals surface area contributed by atoms with Crippen LogP contribution in [0.5, 0.6) is 0 Å². The zero-order valence-electron chi connectivity index (χ0n) is 12.2. The molecule has 0 bridgehead atoms. The Hall–Kier alpha value is -1.44. The first-order chi connectivity index (χ1) is 9.49. The van der Waals surface area contributed by atoms with Gasteiger partial charge in [-0.05, 0) is 6.04 Å². The fraction of sp³-hybridized carbons (Fsp3) is 0.538. The quantitative estimate of drug-likeness (QED) is 0.627. The number of rotatable bonds is 7. The Morgan fingerprint density at radius 1 is 1.40 bits per heavy atom. The fourth-order valence-electron chi connectivity index (χ4n) is 1.72. The second-order valence-corrected chi connectivity index (χ2v) is 11.5. The lowest BCUT2D eigenvalue weighted by molar-refractivity contribution is 0.0880. The average Bonchev–Trinajstić information content (AvgIpc) is 3.02. The zero-order valence-corrected chi connectivity index (χ0v) is 13.2. The maximum Gasteiger partial charge on any atom is 0.164 e. The molecule has 0 spiro atoms. The van der Waals surface area contributed by atoms with Gasteiger partial charge in [0, 0.05) is 26.9 Å². The van der Waals surface area contributed by atoms with E-state index in [0.29, 0.717) is 23.9 Å². The van der Waals surface area contributed by atoms with Gasteiger partial charge >= 0.3 is 0 Å². The number of aromatic nitrogens is 3. The van der Waals surface area contributed by atoms with E-state index in [0.717, 1.165) is 12.7 Å². The summed E-state index contributed by atoms with van der Waals surface area (Å²) in [5.41, 5.74) is 1.23. The summed E-state index contributed by atoms with van der Waals surface area (Å²) in [5, 5.41) is 13.1. The number of hydrogen-bond acceptors (Lipinski definition) is 5. The van der Waals surface area contributed by atoms with Crippen LogP contribution < -0.4 is 0 Å². The summed E-state index contributed by atoms with van der Waals surface area (Å²) in [5.74, 6) is 0.649. The zero-order chi connectivity index (χ0) is 14.6. The maximum absolute atomic E-state index is 9.20. The Morgan fingerprint density at radius 2 is 2.20 bits per heavy atom. The molecule has 0 amide bonds. The van der Waals surface area contributed by atoms with Gasteiger partial charge < -0.3 is 18.9 Å². The van der Waals surface area contributed by atoms with Gasteiger partial charge in [0.1, 0.15) is 18.7 Å². The third-order valence-electron chi connectivity index (χ3n) is 2.88. The topological polar surface area (TPSA) is 73.3 Å². The minimum Gasteiger partial charge on any atom is -0.390 e. The van der Waals surface area contributed by atoms with Crippen molar-refractivity contribution in [2.45, 2.75) is 39.0 Å². The minimum absolute atomic E-state index is 0.104. The molecule has 20 heavy (non-hydrogen) atoms. The first-order valence-corrected chi connectivity index (χ1v) is 10.4. The van der Waals surface area contributed by atoms with E-state index in [2.05, 4.69) is 29.8 Å². The molecule has 0 saturated heterocycles.